The van der Waals surface area contributed by atoms with Crippen LogP contribution in [0.5, 0.6) is 0 Å². The van der Waals surface area contributed by atoms with Crippen LogP contribution in [0.4, 0.5) is 0 Å². The minimum Gasteiger partial charge on any atom is -0.342 e. The molecule has 0 radical (unpaired) electrons. The molecular formula is C10H22N2OS. The maximum atomic E-state index is 11.5. The third-order valence-electron chi connectivity index (χ3n) is 2.02. The van der Waals surface area contributed by atoms with Gasteiger partial charge in [-0.15, -0.1) is 0 Å². The molecule has 0 aromatic rings. The second-order valence-corrected chi connectivity index (χ2v) is 4.33. The lowest BCUT2D eigenvalue weighted by Crippen LogP contribution is -2.38. The molecule has 14 heavy (non-hydrogen) atoms. The molecule has 0 aliphatic carbocycles. The second-order valence-electron chi connectivity index (χ2n) is 2.94. The van der Waals surface area contributed by atoms with Crippen molar-refractivity contribution < 1.29 is 4.79 Å². The number of hydrogen-bond donors (Lipinski definition) is 1. The first-order valence-corrected chi connectivity index (χ1v) is 6.47. The third kappa shape index (κ3) is 6.27. The molecule has 84 valence electrons. The van der Waals surface area contributed by atoms with Crippen LogP contribution in [0.1, 0.15) is 20.8 Å². The summed E-state index contributed by atoms with van der Waals surface area (Å²) in [7, 11) is 0. The van der Waals surface area contributed by atoms with Crippen LogP contribution in [-0.2, 0) is 4.79 Å². The van der Waals surface area contributed by atoms with Gasteiger partial charge in [-0.3, -0.25) is 4.79 Å². The largest absolute Gasteiger partial charge is 0.342 e. The fourth-order valence-corrected chi connectivity index (χ4v) is 1.75. The lowest BCUT2D eigenvalue weighted by molar-refractivity contribution is -0.129. The molecule has 0 aliphatic rings. The van der Waals surface area contributed by atoms with Crippen LogP contribution in [0.2, 0.25) is 0 Å². The topological polar surface area (TPSA) is 32.3 Å². The standard InChI is InChI=1S/C10H22N2OS/c1-4-12(5-2)10(13)9-11-7-8-14-6-3/h11H,4-9H2,1-3H3. The van der Waals surface area contributed by atoms with Gasteiger partial charge in [0.05, 0.1) is 6.54 Å². The Bertz CT molecular complexity index is 149. The van der Waals surface area contributed by atoms with E-state index in [9.17, 15) is 4.79 Å². The molecule has 0 saturated heterocycles. The first-order valence-electron chi connectivity index (χ1n) is 5.32. The van der Waals surface area contributed by atoms with Crippen molar-refractivity contribution >= 4 is 17.7 Å². The number of rotatable bonds is 8. The molecule has 1 N–H and O–H groups in total. The van der Waals surface area contributed by atoms with Crippen molar-refractivity contribution in [3.05, 3.63) is 0 Å². The predicted octanol–water partition coefficient (Wildman–Crippen LogP) is 1.20. The molecule has 4 heteroatoms. The van der Waals surface area contributed by atoms with E-state index in [1.165, 1.54) is 0 Å². The first kappa shape index (κ1) is 13.8. The Hall–Kier alpha value is -0.220. The SMILES string of the molecule is CCSCCNCC(=O)N(CC)CC. The average Bonchev–Trinajstić information content (AvgIpc) is 2.19. The van der Waals surface area contributed by atoms with E-state index in [-0.39, 0.29) is 5.91 Å². The number of hydrogen-bond acceptors (Lipinski definition) is 3. The molecule has 1 amide bonds. The van der Waals surface area contributed by atoms with Crippen molar-refractivity contribution in [3.8, 4) is 0 Å². The summed E-state index contributed by atoms with van der Waals surface area (Å²) in [5, 5.41) is 3.16. The van der Waals surface area contributed by atoms with E-state index in [1.54, 1.807) is 0 Å². The summed E-state index contributed by atoms with van der Waals surface area (Å²) < 4.78 is 0. The van der Waals surface area contributed by atoms with Crippen molar-refractivity contribution in [3.63, 3.8) is 0 Å². The summed E-state index contributed by atoms with van der Waals surface area (Å²) in [4.78, 5) is 13.3. The minimum absolute atomic E-state index is 0.205. The minimum atomic E-state index is 0.205. The molecule has 0 bridgehead atoms. The molecule has 0 atom stereocenters. The first-order chi connectivity index (χ1) is 6.76. The zero-order valence-electron chi connectivity index (χ0n) is 9.51. The predicted molar refractivity (Wildman–Crippen MR) is 63.8 cm³/mol. The summed E-state index contributed by atoms with van der Waals surface area (Å²) in [6.45, 7) is 9.17. The lowest BCUT2D eigenvalue weighted by atomic mass is 10.4. The molecule has 0 aromatic carbocycles. The number of carbonyl (C=O) groups is 1. The van der Waals surface area contributed by atoms with E-state index in [4.69, 9.17) is 0 Å². The van der Waals surface area contributed by atoms with E-state index >= 15 is 0 Å². The Labute approximate surface area is 91.6 Å². The molecule has 0 saturated carbocycles. The quantitative estimate of drug-likeness (QED) is 0.621. The molecular weight excluding hydrogens is 196 g/mol. The number of amides is 1. The van der Waals surface area contributed by atoms with Gasteiger partial charge >= 0.3 is 0 Å². The zero-order chi connectivity index (χ0) is 10.8. The maximum absolute atomic E-state index is 11.5. The summed E-state index contributed by atoms with van der Waals surface area (Å²) in [5.74, 6) is 2.43. The number of nitrogens with one attached hydrogen (secondary N) is 1. The van der Waals surface area contributed by atoms with Crippen LogP contribution in [0.15, 0.2) is 0 Å². The molecule has 0 spiro atoms. The summed E-state index contributed by atoms with van der Waals surface area (Å²) in [6, 6.07) is 0. The van der Waals surface area contributed by atoms with Crippen molar-refractivity contribution in [1.29, 1.82) is 0 Å². The van der Waals surface area contributed by atoms with E-state index < -0.39 is 0 Å². The fourth-order valence-electron chi connectivity index (χ4n) is 1.17. The van der Waals surface area contributed by atoms with Crippen molar-refractivity contribution in [2.45, 2.75) is 20.8 Å². The van der Waals surface area contributed by atoms with Crippen LogP contribution < -0.4 is 5.32 Å². The maximum Gasteiger partial charge on any atom is 0.236 e. The highest BCUT2D eigenvalue weighted by atomic mass is 32.2. The monoisotopic (exact) mass is 218 g/mol. The Balaban J connectivity index is 3.43. The zero-order valence-corrected chi connectivity index (χ0v) is 10.3. The van der Waals surface area contributed by atoms with Gasteiger partial charge in [0, 0.05) is 25.4 Å². The number of carbonyl (C=O) groups excluding carboxylic acids is 1. The molecule has 0 heterocycles. The molecule has 0 aromatic heterocycles. The van der Waals surface area contributed by atoms with Gasteiger partial charge in [0.25, 0.3) is 0 Å². The number of nitrogens with zero attached hydrogens (tertiary/aromatic N) is 1. The molecule has 0 fully saturated rings. The van der Waals surface area contributed by atoms with Crippen LogP contribution in [0.25, 0.3) is 0 Å². The van der Waals surface area contributed by atoms with Gasteiger partial charge in [-0.25, -0.2) is 0 Å². The van der Waals surface area contributed by atoms with Crippen LogP contribution in [0, 0.1) is 0 Å². The van der Waals surface area contributed by atoms with Gasteiger partial charge in [0.1, 0.15) is 0 Å². The van der Waals surface area contributed by atoms with Gasteiger partial charge in [0.2, 0.25) is 5.91 Å². The molecule has 0 rings (SSSR count). The van der Waals surface area contributed by atoms with E-state index in [0.29, 0.717) is 6.54 Å². The van der Waals surface area contributed by atoms with E-state index in [0.717, 1.165) is 31.1 Å². The average molecular weight is 218 g/mol. The highest BCUT2D eigenvalue weighted by molar-refractivity contribution is 7.99. The van der Waals surface area contributed by atoms with Crippen molar-refractivity contribution in [2.24, 2.45) is 0 Å². The molecule has 0 unspecified atom stereocenters. The Morgan fingerprint density at radius 3 is 2.43 bits per heavy atom. The van der Waals surface area contributed by atoms with Crippen LogP contribution >= 0.6 is 11.8 Å². The summed E-state index contributed by atoms with van der Waals surface area (Å²) in [6.07, 6.45) is 0. The number of likely N-dealkylation sites (N-methyl/N-ethyl adjacent to an activating group) is 1. The Morgan fingerprint density at radius 2 is 1.93 bits per heavy atom. The number of thioether (sulfide) groups is 1. The second kappa shape index (κ2) is 9.34. The van der Waals surface area contributed by atoms with E-state index in [1.807, 2.05) is 30.5 Å². The highest BCUT2D eigenvalue weighted by Gasteiger charge is 2.07. The molecule has 0 aliphatic heterocycles. The Morgan fingerprint density at radius 1 is 1.29 bits per heavy atom. The summed E-state index contributed by atoms with van der Waals surface area (Å²) in [5.41, 5.74) is 0. The highest BCUT2D eigenvalue weighted by Crippen LogP contribution is 1.95. The van der Waals surface area contributed by atoms with Crippen molar-refractivity contribution in [2.75, 3.05) is 37.7 Å². The lowest BCUT2D eigenvalue weighted by Gasteiger charge is -2.18. The van der Waals surface area contributed by atoms with Crippen LogP contribution in [-0.4, -0.2) is 48.5 Å². The van der Waals surface area contributed by atoms with Crippen LogP contribution in [0.3, 0.4) is 0 Å². The van der Waals surface area contributed by atoms with Crippen molar-refractivity contribution in [1.82, 2.24) is 10.2 Å². The van der Waals surface area contributed by atoms with Gasteiger partial charge < -0.3 is 10.2 Å². The normalized spacial score (nSPS) is 10.2. The molecule has 3 nitrogen and oxygen atoms in total. The van der Waals surface area contributed by atoms with E-state index in [2.05, 4.69) is 12.2 Å². The van der Waals surface area contributed by atoms with Gasteiger partial charge in [-0.05, 0) is 19.6 Å². The Kier molecular flexibility index (Phi) is 9.19. The van der Waals surface area contributed by atoms with Gasteiger partial charge in [-0.1, -0.05) is 6.92 Å². The smallest absolute Gasteiger partial charge is 0.236 e. The third-order valence-corrected chi connectivity index (χ3v) is 2.92. The summed E-state index contributed by atoms with van der Waals surface area (Å²) >= 11 is 1.89. The fraction of sp³-hybridized carbons (Fsp3) is 0.900. The van der Waals surface area contributed by atoms with Gasteiger partial charge in [0.15, 0.2) is 0 Å². The van der Waals surface area contributed by atoms with Gasteiger partial charge in [-0.2, -0.15) is 11.8 Å².